The van der Waals surface area contributed by atoms with Crippen LogP contribution in [-0.4, -0.2) is 45.2 Å². The van der Waals surface area contributed by atoms with Gasteiger partial charge in [0.2, 0.25) is 0 Å². The van der Waals surface area contributed by atoms with Gasteiger partial charge in [0.15, 0.2) is 5.78 Å². The number of aliphatic hydroxyl groups is 3. The van der Waals surface area contributed by atoms with Crippen molar-refractivity contribution in [1.29, 1.82) is 0 Å². The molecule has 0 bridgehead atoms. The van der Waals surface area contributed by atoms with Gasteiger partial charge in [0.25, 0.3) is 0 Å². The van der Waals surface area contributed by atoms with Crippen LogP contribution >= 0.6 is 0 Å². The number of hydrogen-bond donors (Lipinski definition) is 3. The average Bonchev–Trinajstić information content (AvgIpc) is 4.12. The number of rotatable bonds is 0. The largest absolute Gasteiger partial charge is 0.385 e. The number of hydrogen-bond acceptors (Lipinski definition) is 5. The Morgan fingerprint density at radius 3 is 1.44 bits per heavy atom. The maximum atomic E-state index is 11.7. The van der Waals surface area contributed by atoms with Crippen LogP contribution in [0.3, 0.4) is 0 Å². The number of Topliss-reactive ketones (excluding diaryl/α,β-unsaturated/α-hetero) is 1. The molecule has 14 aliphatic carbocycles. The Bertz CT molecular complexity index is 2360. The van der Waals surface area contributed by atoms with Gasteiger partial charge in [-0.05, 0) is 205 Å². The highest BCUT2D eigenvalue weighted by Gasteiger charge is 2.57. The maximum Gasteiger partial charge on any atom is 0.178 e. The second-order valence-corrected chi connectivity index (χ2v) is 29.7. The van der Waals surface area contributed by atoms with E-state index in [1.165, 1.54) is 183 Å². The van der Waals surface area contributed by atoms with E-state index in [9.17, 15) is 24.9 Å². The first-order valence-electron chi connectivity index (χ1n) is 31.9. The summed E-state index contributed by atoms with van der Waals surface area (Å²) in [6.45, 7) is 16.9. The lowest BCUT2D eigenvalue weighted by molar-refractivity contribution is -0.125. The minimum atomic E-state index is -0.338. The van der Waals surface area contributed by atoms with E-state index in [0.717, 1.165) is 67.1 Å². The summed E-state index contributed by atoms with van der Waals surface area (Å²) >= 11 is 0. The molecular weight excluding hydrogens is 957 g/mol. The molecule has 5 nitrogen and oxygen atoms in total. The van der Waals surface area contributed by atoms with Gasteiger partial charge in [-0.1, -0.05) is 185 Å². The Balaban J connectivity index is 0.000000131. The topological polar surface area (TPSA) is 94.8 Å². The molecule has 0 aromatic carbocycles. The quantitative estimate of drug-likeness (QED) is 0.210. The molecule has 0 amide bonds. The molecule has 14 rings (SSSR count). The summed E-state index contributed by atoms with van der Waals surface area (Å²) in [4.78, 5) is 23.0. The van der Waals surface area contributed by atoms with Gasteiger partial charge in [-0.3, -0.25) is 9.59 Å². The molecule has 78 heavy (non-hydrogen) atoms. The molecule has 10 fully saturated rings. The molecule has 7 unspecified atom stereocenters. The van der Waals surface area contributed by atoms with E-state index >= 15 is 0 Å². The SMILES string of the molecule is C.C.C[C@@]12CCCC1C1CCC3=CC(=O)C=C[C@]3(C)C1CC2.C[C@@]12CCCC1C1CCC3=C[C@@H](O)C=C[C@]3(C)C1CC2.C[C@@]12CCCCC1CC(=O)CC2.C[C@]12C=C[C@H](O)C=C1CCCC2.C[C@]12C=C[C@H](O)C=C1CCCC2. The number of ketones is 2. The highest BCUT2D eigenvalue weighted by molar-refractivity contribution is 6.01. The number of carbonyl (C=O) groups is 2. The van der Waals surface area contributed by atoms with Crippen LogP contribution in [0.25, 0.3) is 0 Å². The Morgan fingerprint density at radius 2 is 0.885 bits per heavy atom. The lowest BCUT2D eigenvalue weighted by Crippen LogP contribution is -2.48. The normalized spacial score (nSPS) is 45.7. The molecule has 0 heterocycles. The third kappa shape index (κ3) is 12.1. The summed E-state index contributed by atoms with van der Waals surface area (Å²) in [7, 11) is 0. The first-order valence-corrected chi connectivity index (χ1v) is 31.9. The molecule has 0 saturated heterocycles. The van der Waals surface area contributed by atoms with Crippen LogP contribution in [0, 0.1) is 79.3 Å². The van der Waals surface area contributed by atoms with Gasteiger partial charge in [0.05, 0.1) is 18.3 Å². The van der Waals surface area contributed by atoms with Crippen molar-refractivity contribution in [3.8, 4) is 0 Å². The van der Waals surface area contributed by atoms with E-state index < -0.39 is 0 Å². The Hall–Kier alpha value is -2.86. The summed E-state index contributed by atoms with van der Waals surface area (Å²) in [5.74, 6) is 6.80. The van der Waals surface area contributed by atoms with Crippen LogP contribution in [0.5, 0.6) is 0 Å². The predicted molar refractivity (Wildman–Crippen MR) is 325 cm³/mol. The van der Waals surface area contributed by atoms with Gasteiger partial charge in [-0.15, -0.1) is 0 Å². The van der Waals surface area contributed by atoms with E-state index in [4.69, 9.17) is 0 Å². The van der Waals surface area contributed by atoms with Crippen LogP contribution in [-0.2, 0) is 9.59 Å². The fraction of sp³-hybridized carbons (Fsp3) is 0.753. The zero-order valence-electron chi connectivity index (χ0n) is 48.9. The summed E-state index contributed by atoms with van der Waals surface area (Å²) in [6, 6.07) is 0. The van der Waals surface area contributed by atoms with Gasteiger partial charge in [0.1, 0.15) is 5.78 Å². The van der Waals surface area contributed by atoms with Crippen molar-refractivity contribution in [3.63, 3.8) is 0 Å². The van der Waals surface area contributed by atoms with Crippen molar-refractivity contribution in [2.45, 2.75) is 268 Å². The smallest absolute Gasteiger partial charge is 0.178 e. The molecule has 3 N–H and O–H groups in total. The summed E-state index contributed by atoms with van der Waals surface area (Å²) < 4.78 is 0. The van der Waals surface area contributed by atoms with E-state index in [2.05, 4.69) is 78.8 Å². The predicted octanol–water partition coefficient (Wildman–Crippen LogP) is 18.2. The minimum Gasteiger partial charge on any atom is -0.385 e. The fourth-order valence-corrected chi connectivity index (χ4v) is 20.0. The van der Waals surface area contributed by atoms with E-state index in [0.29, 0.717) is 22.0 Å². The molecule has 0 radical (unpaired) electrons. The lowest BCUT2D eigenvalue weighted by atomic mass is 9.48. The van der Waals surface area contributed by atoms with E-state index in [1.54, 1.807) is 0 Å². The van der Waals surface area contributed by atoms with Gasteiger partial charge >= 0.3 is 0 Å². The third-order valence-corrected chi connectivity index (χ3v) is 25.1. The van der Waals surface area contributed by atoms with Crippen LogP contribution < -0.4 is 0 Å². The average molecular weight is 1070 g/mol. The van der Waals surface area contributed by atoms with E-state index in [1.807, 2.05) is 42.5 Å². The first-order chi connectivity index (χ1) is 36.2. The summed E-state index contributed by atoms with van der Waals surface area (Å²) in [5.41, 5.74) is 8.63. The molecule has 0 aromatic rings. The third-order valence-electron chi connectivity index (χ3n) is 25.1. The van der Waals surface area contributed by atoms with Crippen LogP contribution in [0.4, 0.5) is 0 Å². The molecular formula is C73H112O5. The molecule has 14 aliphatic rings. The summed E-state index contributed by atoms with van der Waals surface area (Å²) in [6.07, 6.45) is 61.6. The number of fused-ring (bicyclic) bond motifs is 13. The highest BCUT2D eigenvalue weighted by atomic mass is 16.3. The lowest BCUT2D eigenvalue weighted by Gasteiger charge is -2.56. The molecule has 434 valence electrons. The van der Waals surface area contributed by atoms with Crippen molar-refractivity contribution in [1.82, 2.24) is 0 Å². The highest BCUT2D eigenvalue weighted by Crippen LogP contribution is 2.66. The van der Waals surface area contributed by atoms with Crippen molar-refractivity contribution in [2.24, 2.45) is 79.3 Å². The molecule has 0 aromatic heterocycles. The fourth-order valence-electron chi connectivity index (χ4n) is 20.0. The second kappa shape index (κ2) is 24.2. The number of carbonyl (C=O) groups excluding carboxylic acids is 2. The minimum absolute atomic E-state index is 0. The number of allylic oxidation sites excluding steroid dienone is 10. The monoisotopic (exact) mass is 1070 g/mol. The zero-order chi connectivity index (χ0) is 53.7. The van der Waals surface area contributed by atoms with Crippen LogP contribution in [0.2, 0.25) is 0 Å². The Labute approximate surface area is 476 Å². The van der Waals surface area contributed by atoms with Crippen molar-refractivity contribution in [3.05, 3.63) is 95.2 Å². The van der Waals surface area contributed by atoms with Crippen LogP contribution in [0.1, 0.15) is 250 Å². The number of aliphatic hydroxyl groups excluding tert-OH is 3. The second-order valence-electron chi connectivity index (χ2n) is 29.7. The van der Waals surface area contributed by atoms with Crippen LogP contribution in [0.15, 0.2) is 95.2 Å². The molecule has 0 spiro atoms. The van der Waals surface area contributed by atoms with Crippen molar-refractivity contribution in [2.75, 3.05) is 0 Å². The first kappa shape index (κ1) is 61.2. The molecule has 17 atom stereocenters. The van der Waals surface area contributed by atoms with Gasteiger partial charge in [-0.2, -0.15) is 0 Å². The van der Waals surface area contributed by atoms with Crippen molar-refractivity contribution < 1.29 is 24.9 Å². The summed E-state index contributed by atoms with van der Waals surface area (Å²) in [5, 5.41) is 28.7. The molecule has 10 saturated carbocycles. The van der Waals surface area contributed by atoms with Crippen molar-refractivity contribution >= 4 is 11.6 Å². The Morgan fingerprint density at radius 1 is 0.410 bits per heavy atom. The molecule has 0 aliphatic heterocycles. The zero-order valence-corrected chi connectivity index (χ0v) is 48.9. The van der Waals surface area contributed by atoms with Gasteiger partial charge < -0.3 is 15.3 Å². The van der Waals surface area contributed by atoms with Gasteiger partial charge in [-0.25, -0.2) is 0 Å². The maximum absolute atomic E-state index is 11.7. The standard InChI is InChI=1S/C19H28O.C19H26O.C11H18O.2C11H16O.2CH4/c2*1-18-9-3-4-16(18)15-6-5-13-12-14(20)7-11-19(13,2)17(15)8-10-18;3*1-11-6-3-2-4-9(11)8-10(12)5-7-11;;/h7,11-12,14-17,20H,3-6,8-10H2,1-2H3;7,11-12,15-17H,3-6,8-10H2,1-2H3;9H,2-8H2,1H3;2*5,7-8,10,12H,2-4,6H2,1H3;2*1H4/t14-,15?,16?,17?,18-,19-;15?,16?,17?,18-,19-;9?,11-;2*10-,11-;;/m00000../s1. The molecule has 5 heteroatoms. The Kier molecular flexibility index (Phi) is 19.0. The van der Waals surface area contributed by atoms with E-state index in [-0.39, 0.29) is 60.6 Å². The van der Waals surface area contributed by atoms with Gasteiger partial charge in [0, 0.05) is 34.5 Å².